The molecule has 0 aliphatic carbocycles. The lowest BCUT2D eigenvalue weighted by Crippen LogP contribution is -2.20. The summed E-state index contributed by atoms with van der Waals surface area (Å²) in [6, 6.07) is 19.2. The Hall–Kier alpha value is -3.12. The molecule has 34 heavy (non-hydrogen) atoms. The van der Waals surface area contributed by atoms with Crippen LogP contribution in [0, 0.1) is 18.3 Å². The number of halogens is 3. The van der Waals surface area contributed by atoms with Crippen molar-refractivity contribution >= 4 is 72.7 Å². The van der Waals surface area contributed by atoms with Crippen LogP contribution in [-0.2, 0) is 9.59 Å². The monoisotopic (exact) mass is 601 g/mol. The Labute approximate surface area is 218 Å². The van der Waals surface area contributed by atoms with Gasteiger partial charge in [-0.3, -0.25) is 9.59 Å². The normalized spacial score (nSPS) is 10.9. The van der Waals surface area contributed by atoms with Gasteiger partial charge in [-0.25, -0.2) is 0 Å². The van der Waals surface area contributed by atoms with Gasteiger partial charge in [0.1, 0.15) is 17.4 Å². The van der Waals surface area contributed by atoms with Gasteiger partial charge in [0.05, 0.1) is 4.47 Å². The maximum atomic E-state index is 12.6. The first-order valence-electron chi connectivity index (χ1n) is 9.92. The molecule has 0 spiro atoms. The molecule has 0 fully saturated rings. The molecule has 3 rings (SSSR count). The highest BCUT2D eigenvalue weighted by Crippen LogP contribution is 2.34. The average molecular weight is 604 g/mol. The second-order valence-corrected chi connectivity index (χ2v) is 9.35. The van der Waals surface area contributed by atoms with Gasteiger partial charge in [0.2, 0.25) is 0 Å². The summed E-state index contributed by atoms with van der Waals surface area (Å²) in [6.45, 7) is 1.69. The zero-order valence-corrected chi connectivity index (χ0v) is 21.8. The number of hydrogen-bond donors (Lipinski definition) is 2. The van der Waals surface area contributed by atoms with E-state index < -0.39 is 5.91 Å². The van der Waals surface area contributed by atoms with E-state index in [9.17, 15) is 14.9 Å². The molecule has 2 amide bonds. The van der Waals surface area contributed by atoms with Crippen LogP contribution in [0.2, 0.25) is 5.02 Å². The molecule has 0 saturated heterocycles. The Morgan fingerprint density at radius 1 is 1.03 bits per heavy atom. The summed E-state index contributed by atoms with van der Waals surface area (Å²) in [5, 5.41) is 15.5. The largest absolute Gasteiger partial charge is 0.482 e. The van der Waals surface area contributed by atoms with Crippen molar-refractivity contribution in [2.45, 2.75) is 6.92 Å². The number of nitriles is 1. The molecule has 0 radical (unpaired) electrons. The fourth-order valence-electron chi connectivity index (χ4n) is 2.85. The molecule has 0 atom stereocenters. The number of aryl methyl sites for hydroxylation is 1. The Kier molecular flexibility index (Phi) is 8.88. The summed E-state index contributed by atoms with van der Waals surface area (Å²) in [7, 11) is 0. The minimum absolute atomic E-state index is 0.145. The lowest BCUT2D eigenvalue weighted by atomic mass is 10.1. The van der Waals surface area contributed by atoms with E-state index in [2.05, 4.69) is 42.5 Å². The van der Waals surface area contributed by atoms with Gasteiger partial charge < -0.3 is 15.4 Å². The molecule has 6 nitrogen and oxygen atoms in total. The van der Waals surface area contributed by atoms with Gasteiger partial charge in [-0.05, 0) is 77.5 Å². The molecule has 0 heterocycles. The van der Waals surface area contributed by atoms with E-state index in [1.54, 1.807) is 48.5 Å². The molecule has 2 N–H and O–H groups in total. The first-order valence-corrected chi connectivity index (χ1v) is 11.9. The third-order valence-electron chi connectivity index (χ3n) is 4.49. The van der Waals surface area contributed by atoms with Gasteiger partial charge in [-0.1, -0.05) is 45.2 Å². The zero-order valence-electron chi connectivity index (χ0n) is 17.9. The van der Waals surface area contributed by atoms with Crippen molar-refractivity contribution < 1.29 is 14.3 Å². The van der Waals surface area contributed by atoms with Crippen LogP contribution >= 0.6 is 43.5 Å². The Bertz CT molecular complexity index is 1280. The van der Waals surface area contributed by atoms with Crippen molar-refractivity contribution in [2.75, 3.05) is 17.2 Å². The highest BCUT2D eigenvalue weighted by Gasteiger charge is 2.15. The number of anilines is 2. The predicted molar refractivity (Wildman–Crippen MR) is 141 cm³/mol. The molecule has 0 aliphatic rings. The SMILES string of the molecule is Cc1ccc(NC(=O)COc2c(Br)cc(Br)cc2/C=C(/C#N)C(=O)Nc2ccc(Cl)cc2)cc1. The first-order chi connectivity index (χ1) is 16.2. The number of ether oxygens (including phenoxy) is 1. The van der Waals surface area contributed by atoms with Crippen LogP contribution in [0.25, 0.3) is 6.08 Å². The number of amides is 2. The molecular formula is C25H18Br2ClN3O3. The zero-order chi connectivity index (χ0) is 24.7. The quantitative estimate of drug-likeness (QED) is 0.231. The predicted octanol–water partition coefficient (Wildman–Crippen LogP) is 6.74. The summed E-state index contributed by atoms with van der Waals surface area (Å²) in [5.74, 6) is -0.632. The van der Waals surface area contributed by atoms with Crippen molar-refractivity contribution in [1.29, 1.82) is 5.26 Å². The van der Waals surface area contributed by atoms with E-state index in [4.69, 9.17) is 16.3 Å². The Balaban J connectivity index is 1.79. The van der Waals surface area contributed by atoms with Crippen LogP contribution in [-0.4, -0.2) is 18.4 Å². The van der Waals surface area contributed by atoms with Crippen LogP contribution in [0.5, 0.6) is 5.75 Å². The van der Waals surface area contributed by atoms with Crippen LogP contribution in [0.1, 0.15) is 11.1 Å². The number of carbonyl (C=O) groups is 2. The maximum absolute atomic E-state index is 12.6. The number of nitrogens with one attached hydrogen (secondary N) is 2. The van der Waals surface area contributed by atoms with Gasteiger partial charge in [-0.2, -0.15) is 5.26 Å². The van der Waals surface area contributed by atoms with Crippen LogP contribution < -0.4 is 15.4 Å². The standard InChI is InChI=1S/C25H18Br2ClN3O3/c1-15-2-6-20(7-3-15)30-23(32)14-34-24-16(11-18(26)12-22(24)27)10-17(13-29)25(33)31-21-8-4-19(28)5-9-21/h2-12H,14H2,1H3,(H,30,32)(H,31,33)/b17-10-. The molecule has 3 aromatic rings. The lowest BCUT2D eigenvalue weighted by Gasteiger charge is -2.13. The Morgan fingerprint density at radius 3 is 2.29 bits per heavy atom. The lowest BCUT2D eigenvalue weighted by molar-refractivity contribution is -0.118. The minimum Gasteiger partial charge on any atom is -0.482 e. The van der Waals surface area contributed by atoms with Crippen molar-refractivity contribution in [2.24, 2.45) is 0 Å². The third kappa shape index (κ3) is 7.19. The molecule has 0 bridgehead atoms. The smallest absolute Gasteiger partial charge is 0.266 e. The van der Waals surface area contributed by atoms with Crippen molar-refractivity contribution in [1.82, 2.24) is 0 Å². The highest BCUT2D eigenvalue weighted by molar-refractivity contribution is 9.11. The molecule has 9 heteroatoms. The topological polar surface area (TPSA) is 91.2 Å². The fourth-order valence-corrected chi connectivity index (χ4v) is 4.35. The van der Waals surface area contributed by atoms with E-state index in [0.29, 0.717) is 36.7 Å². The van der Waals surface area contributed by atoms with Gasteiger partial charge in [0.25, 0.3) is 11.8 Å². The summed E-state index contributed by atoms with van der Waals surface area (Å²) in [5.41, 5.74) is 2.52. The number of hydrogen-bond acceptors (Lipinski definition) is 4. The summed E-state index contributed by atoms with van der Waals surface area (Å²) in [6.07, 6.45) is 1.40. The number of benzene rings is 3. The Morgan fingerprint density at radius 2 is 1.65 bits per heavy atom. The van der Waals surface area contributed by atoms with Gasteiger partial charge >= 0.3 is 0 Å². The van der Waals surface area contributed by atoms with E-state index in [-0.39, 0.29) is 18.1 Å². The second kappa shape index (κ2) is 11.8. The average Bonchev–Trinajstić information content (AvgIpc) is 2.79. The van der Waals surface area contributed by atoms with E-state index in [0.717, 1.165) is 5.56 Å². The fraction of sp³-hybridized carbons (Fsp3) is 0.0800. The maximum Gasteiger partial charge on any atom is 0.266 e. The number of carbonyl (C=O) groups excluding carboxylic acids is 2. The molecule has 0 aliphatic heterocycles. The number of rotatable bonds is 7. The first kappa shape index (κ1) is 25.5. The van der Waals surface area contributed by atoms with Crippen molar-refractivity contribution in [3.8, 4) is 11.8 Å². The molecule has 0 unspecified atom stereocenters. The van der Waals surface area contributed by atoms with Crippen LogP contribution in [0.3, 0.4) is 0 Å². The molecule has 3 aromatic carbocycles. The molecule has 0 aromatic heterocycles. The van der Waals surface area contributed by atoms with Gasteiger partial charge in [0, 0.05) is 26.4 Å². The molecule has 0 saturated carbocycles. The van der Waals surface area contributed by atoms with Gasteiger partial charge in [0.15, 0.2) is 6.61 Å². The van der Waals surface area contributed by atoms with E-state index in [1.807, 2.05) is 25.1 Å². The minimum atomic E-state index is -0.594. The van der Waals surface area contributed by atoms with Crippen LogP contribution in [0.4, 0.5) is 11.4 Å². The van der Waals surface area contributed by atoms with E-state index in [1.165, 1.54) is 6.08 Å². The van der Waals surface area contributed by atoms with E-state index >= 15 is 0 Å². The third-order valence-corrected chi connectivity index (χ3v) is 5.79. The van der Waals surface area contributed by atoms with Crippen molar-refractivity contribution in [3.05, 3.63) is 91.3 Å². The van der Waals surface area contributed by atoms with Crippen LogP contribution in [0.15, 0.2) is 75.2 Å². The molecule has 172 valence electrons. The van der Waals surface area contributed by atoms with Gasteiger partial charge in [-0.15, -0.1) is 0 Å². The summed E-state index contributed by atoms with van der Waals surface area (Å²) >= 11 is 12.7. The second-order valence-electron chi connectivity index (χ2n) is 7.14. The van der Waals surface area contributed by atoms with Crippen molar-refractivity contribution in [3.63, 3.8) is 0 Å². The summed E-state index contributed by atoms with van der Waals surface area (Å²) in [4.78, 5) is 25.0. The highest BCUT2D eigenvalue weighted by atomic mass is 79.9. The summed E-state index contributed by atoms with van der Waals surface area (Å²) < 4.78 is 7.00. The molecular weight excluding hydrogens is 586 g/mol. The number of nitrogens with zero attached hydrogens (tertiary/aromatic N) is 1.